The van der Waals surface area contributed by atoms with Gasteiger partial charge in [0.15, 0.2) is 6.61 Å². The molecule has 0 saturated carbocycles. The van der Waals surface area contributed by atoms with Gasteiger partial charge in [0.2, 0.25) is 0 Å². The number of nitrogens with one attached hydrogen (secondary N) is 1. The summed E-state index contributed by atoms with van der Waals surface area (Å²) in [6.07, 6.45) is 0.713. The quantitative estimate of drug-likeness (QED) is 0.607. The molecule has 134 valence electrons. The summed E-state index contributed by atoms with van der Waals surface area (Å²) in [7, 11) is 1.28. The van der Waals surface area contributed by atoms with Gasteiger partial charge in [0.25, 0.3) is 5.91 Å². The Bertz CT molecular complexity index is 813. The molecule has 7 nitrogen and oxygen atoms in total. The van der Waals surface area contributed by atoms with Gasteiger partial charge >= 0.3 is 11.6 Å². The normalized spacial score (nSPS) is 13.1. The predicted molar refractivity (Wildman–Crippen MR) is 91.4 cm³/mol. The van der Waals surface area contributed by atoms with Crippen LogP contribution < -0.4 is 15.7 Å². The number of hydrogen-bond acceptors (Lipinski definition) is 6. The highest BCUT2D eigenvalue weighted by molar-refractivity contribution is 5.85. The van der Waals surface area contributed by atoms with Crippen LogP contribution in [0.4, 0.5) is 0 Å². The second kappa shape index (κ2) is 8.32. The highest BCUT2D eigenvalue weighted by Crippen LogP contribution is 2.19. The number of ether oxygens (including phenoxy) is 2. The Morgan fingerprint density at radius 2 is 1.96 bits per heavy atom. The molecule has 0 radical (unpaired) electrons. The molecule has 1 N–H and O–H groups in total. The molecule has 0 bridgehead atoms. The summed E-state index contributed by atoms with van der Waals surface area (Å²) < 4.78 is 15.2. The van der Waals surface area contributed by atoms with Crippen LogP contribution in [0, 0.1) is 5.92 Å². The maximum absolute atomic E-state index is 12.1. The molecule has 1 amide bonds. The van der Waals surface area contributed by atoms with E-state index in [1.165, 1.54) is 19.2 Å². The molecule has 0 unspecified atom stereocenters. The third kappa shape index (κ3) is 4.82. The topological polar surface area (TPSA) is 94.8 Å². The third-order valence-electron chi connectivity index (χ3n) is 3.95. The van der Waals surface area contributed by atoms with Crippen molar-refractivity contribution in [3.63, 3.8) is 0 Å². The zero-order valence-corrected chi connectivity index (χ0v) is 14.4. The predicted octanol–water partition coefficient (Wildman–Crippen LogP) is 1.88. The fourth-order valence-electron chi connectivity index (χ4n) is 2.29. The van der Waals surface area contributed by atoms with Gasteiger partial charge < -0.3 is 19.2 Å². The molecule has 7 heteroatoms. The summed E-state index contributed by atoms with van der Waals surface area (Å²) in [6, 6.07) is 7.18. The van der Waals surface area contributed by atoms with E-state index in [0.717, 1.165) is 5.39 Å². The smallest absolute Gasteiger partial charge is 0.336 e. The van der Waals surface area contributed by atoms with Crippen LogP contribution in [0.15, 0.2) is 39.5 Å². The van der Waals surface area contributed by atoms with E-state index >= 15 is 0 Å². The van der Waals surface area contributed by atoms with Crippen LogP contribution in [-0.4, -0.2) is 31.6 Å². The van der Waals surface area contributed by atoms with Crippen LogP contribution in [0.25, 0.3) is 11.0 Å². The van der Waals surface area contributed by atoms with E-state index in [1.807, 2.05) is 13.8 Å². The van der Waals surface area contributed by atoms with Crippen molar-refractivity contribution in [2.45, 2.75) is 26.3 Å². The lowest BCUT2D eigenvalue weighted by Crippen LogP contribution is -2.47. The van der Waals surface area contributed by atoms with Crippen LogP contribution in [0.2, 0.25) is 0 Å². The molecular formula is C18H21NO6. The standard InChI is InChI=1S/C18H21NO6/c1-4-11(2)17(18(22)23-3)19-15(20)10-24-13-7-5-12-6-8-16(21)25-14(12)9-13/h5-9,11,17H,4,10H2,1-3H3,(H,19,20)/t11-,17-/m0/s1. The minimum absolute atomic E-state index is 0.0636. The molecule has 0 fully saturated rings. The number of carbonyl (C=O) groups is 2. The Morgan fingerprint density at radius 1 is 1.24 bits per heavy atom. The highest BCUT2D eigenvalue weighted by atomic mass is 16.5. The van der Waals surface area contributed by atoms with Crippen molar-refractivity contribution in [1.29, 1.82) is 0 Å². The first kappa shape index (κ1) is 18.5. The number of amides is 1. The summed E-state index contributed by atoms with van der Waals surface area (Å²) in [6.45, 7) is 3.51. The number of fused-ring (bicyclic) bond motifs is 1. The van der Waals surface area contributed by atoms with Gasteiger partial charge in [-0.1, -0.05) is 20.3 Å². The monoisotopic (exact) mass is 347 g/mol. The van der Waals surface area contributed by atoms with Crippen molar-refractivity contribution in [1.82, 2.24) is 5.32 Å². The maximum Gasteiger partial charge on any atom is 0.336 e. The summed E-state index contributed by atoms with van der Waals surface area (Å²) in [5.74, 6) is -0.609. The van der Waals surface area contributed by atoms with Crippen molar-refractivity contribution in [3.8, 4) is 5.75 Å². The van der Waals surface area contributed by atoms with Gasteiger partial charge in [0.05, 0.1) is 7.11 Å². The van der Waals surface area contributed by atoms with E-state index in [9.17, 15) is 14.4 Å². The molecule has 1 aromatic heterocycles. The Hall–Kier alpha value is -2.83. The molecule has 0 spiro atoms. The minimum Gasteiger partial charge on any atom is -0.484 e. The van der Waals surface area contributed by atoms with Gasteiger partial charge in [-0.15, -0.1) is 0 Å². The third-order valence-corrected chi connectivity index (χ3v) is 3.95. The average molecular weight is 347 g/mol. The molecule has 2 rings (SSSR count). The zero-order chi connectivity index (χ0) is 18.4. The lowest BCUT2D eigenvalue weighted by atomic mass is 9.99. The fraction of sp³-hybridized carbons (Fsp3) is 0.389. The van der Waals surface area contributed by atoms with Gasteiger partial charge in [-0.2, -0.15) is 0 Å². The highest BCUT2D eigenvalue weighted by Gasteiger charge is 2.26. The average Bonchev–Trinajstić information content (AvgIpc) is 2.62. The number of carbonyl (C=O) groups excluding carboxylic acids is 2. The molecule has 2 aromatic rings. The van der Waals surface area contributed by atoms with Crippen molar-refractivity contribution in [2.75, 3.05) is 13.7 Å². The second-order valence-corrected chi connectivity index (χ2v) is 5.70. The van der Waals surface area contributed by atoms with E-state index < -0.39 is 23.5 Å². The number of hydrogen-bond donors (Lipinski definition) is 1. The molecule has 0 aliphatic heterocycles. The Kier molecular flexibility index (Phi) is 6.16. The summed E-state index contributed by atoms with van der Waals surface area (Å²) in [5, 5.41) is 3.37. The van der Waals surface area contributed by atoms with Crippen molar-refractivity contribution >= 4 is 22.8 Å². The van der Waals surface area contributed by atoms with Crippen LogP contribution in [0.5, 0.6) is 5.75 Å². The molecule has 0 saturated heterocycles. The van der Waals surface area contributed by atoms with E-state index in [-0.39, 0.29) is 12.5 Å². The first-order valence-electron chi connectivity index (χ1n) is 7.98. The van der Waals surface area contributed by atoms with Crippen molar-refractivity contribution in [3.05, 3.63) is 40.8 Å². The van der Waals surface area contributed by atoms with Gasteiger partial charge in [-0.05, 0) is 24.1 Å². The molecule has 0 aliphatic rings. The van der Waals surface area contributed by atoms with Crippen LogP contribution >= 0.6 is 0 Å². The van der Waals surface area contributed by atoms with Gasteiger partial charge in [0.1, 0.15) is 17.4 Å². The fourth-order valence-corrected chi connectivity index (χ4v) is 2.29. The first-order chi connectivity index (χ1) is 11.9. The SMILES string of the molecule is CC[C@H](C)[C@H](NC(=O)COc1ccc2ccc(=O)oc2c1)C(=O)OC. The van der Waals surface area contributed by atoms with Crippen LogP contribution in [-0.2, 0) is 14.3 Å². The lowest BCUT2D eigenvalue weighted by Gasteiger charge is -2.21. The zero-order valence-electron chi connectivity index (χ0n) is 14.4. The summed E-state index contributed by atoms with van der Waals surface area (Å²) >= 11 is 0. The van der Waals surface area contributed by atoms with Crippen LogP contribution in [0.1, 0.15) is 20.3 Å². The van der Waals surface area contributed by atoms with Crippen LogP contribution in [0.3, 0.4) is 0 Å². The largest absolute Gasteiger partial charge is 0.484 e. The van der Waals surface area contributed by atoms with E-state index in [2.05, 4.69) is 5.32 Å². The van der Waals surface area contributed by atoms with Crippen molar-refractivity contribution < 1.29 is 23.5 Å². The molecule has 2 atom stereocenters. The van der Waals surface area contributed by atoms with Gasteiger partial charge in [0, 0.05) is 17.5 Å². The number of benzene rings is 1. The van der Waals surface area contributed by atoms with E-state index in [0.29, 0.717) is 17.8 Å². The molecule has 1 aromatic carbocycles. The summed E-state index contributed by atoms with van der Waals surface area (Å²) in [4.78, 5) is 35.1. The minimum atomic E-state index is -0.722. The Balaban J connectivity index is 2.01. The molecule has 0 aliphatic carbocycles. The number of esters is 1. The summed E-state index contributed by atoms with van der Waals surface area (Å²) in [5.41, 5.74) is -0.0886. The van der Waals surface area contributed by atoms with E-state index in [4.69, 9.17) is 13.9 Å². The second-order valence-electron chi connectivity index (χ2n) is 5.70. The first-order valence-corrected chi connectivity index (χ1v) is 7.98. The number of methoxy groups -OCH3 is 1. The molecule has 1 heterocycles. The lowest BCUT2D eigenvalue weighted by molar-refractivity contribution is -0.146. The maximum atomic E-state index is 12.1. The van der Waals surface area contributed by atoms with Crippen molar-refractivity contribution in [2.24, 2.45) is 5.92 Å². The van der Waals surface area contributed by atoms with E-state index in [1.54, 1.807) is 18.2 Å². The van der Waals surface area contributed by atoms with Gasteiger partial charge in [-0.25, -0.2) is 9.59 Å². The Labute approximate surface area is 144 Å². The van der Waals surface area contributed by atoms with Gasteiger partial charge in [-0.3, -0.25) is 4.79 Å². The molecular weight excluding hydrogens is 326 g/mol. The molecule has 25 heavy (non-hydrogen) atoms. The number of rotatable bonds is 7. The Morgan fingerprint density at radius 3 is 2.64 bits per heavy atom.